The van der Waals surface area contributed by atoms with Crippen molar-refractivity contribution in [2.24, 2.45) is 0 Å². The number of fused-ring (bicyclic) bond motifs is 1. The van der Waals surface area contributed by atoms with Gasteiger partial charge in [0.15, 0.2) is 15.5 Å². The number of amides is 1. The highest BCUT2D eigenvalue weighted by atomic mass is 32.2. The third kappa shape index (κ3) is 4.06. The topological polar surface area (TPSA) is 98.1 Å². The molecule has 0 bridgehead atoms. The molecule has 8 nitrogen and oxygen atoms in total. The standard InChI is InChI=1S/C20H23N5O3S2/c1-3-24(16-9-10-30(27,28)12-16)20(26)14(2)29-19-17-11-23-25(18(17)21-13-22-19)15-7-5-4-6-8-15/h4-8,11,13-14,16H,3,9-10,12H2,1-2H3/t14-,16+/m0/s1. The highest BCUT2D eigenvalue weighted by Gasteiger charge is 2.35. The van der Waals surface area contributed by atoms with Gasteiger partial charge in [0.25, 0.3) is 0 Å². The molecule has 1 aliphatic rings. The molecule has 4 rings (SSSR count). The molecule has 10 heteroatoms. The molecule has 158 valence electrons. The summed E-state index contributed by atoms with van der Waals surface area (Å²) < 4.78 is 25.4. The van der Waals surface area contributed by atoms with Crippen molar-refractivity contribution in [1.29, 1.82) is 0 Å². The maximum absolute atomic E-state index is 13.1. The molecule has 1 fully saturated rings. The summed E-state index contributed by atoms with van der Waals surface area (Å²) in [6.45, 7) is 4.19. The van der Waals surface area contributed by atoms with Crippen LogP contribution >= 0.6 is 11.8 Å². The maximum atomic E-state index is 13.1. The van der Waals surface area contributed by atoms with Gasteiger partial charge in [0.1, 0.15) is 11.4 Å². The number of benzene rings is 1. The Morgan fingerprint density at radius 3 is 2.73 bits per heavy atom. The number of carbonyl (C=O) groups excluding carboxylic acids is 1. The van der Waals surface area contributed by atoms with E-state index in [-0.39, 0.29) is 23.5 Å². The van der Waals surface area contributed by atoms with E-state index in [0.717, 1.165) is 11.1 Å². The molecule has 2 atom stereocenters. The minimum Gasteiger partial charge on any atom is -0.338 e. The van der Waals surface area contributed by atoms with Crippen molar-refractivity contribution in [3.05, 3.63) is 42.9 Å². The fourth-order valence-corrected chi connectivity index (χ4v) is 6.42. The molecule has 0 radical (unpaired) electrons. The van der Waals surface area contributed by atoms with Crippen LogP contribution in [0.2, 0.25) is 0 Å². The van der Waals surface area contributed by atoms with Gasteiger partial charge in [-0.1, -0.05) is 30.0 Å². The van der Waals surface area contributed by atoms with Gasteiger partial charge in [0, 0.05) is 12.6 Å². The number of rotatable bonds is 6. The van der Waals surface area contributed by atoms with Gasteiger partial charge in [-0.3, -0.25) is 4.79 Å². The zero-order valence-corrected chi connectivity index (χ0v) is 18.4. The van der Waals surface area contributed by atoms with Crippen LogP contribution in [0.4, 0.5) is 0 Å². The van der Waals surface area contributed by atoms with Crippen molar-refractivity contribution >= 4 is 38.5 Å². The molecule has 0 saturated carbocycles. The van der Waals surface area contributed by atoms with Crippen LogP contribution in [0.25, 0.3) is 16.7 Å². The van der Waals surface area contributed by atoms with E-state index in [1.807, 2.05) is 44.2 Å². The predicted octanol–water partition coefficient (Wildman–Crippen LogP) is 2.33. The van der Waals surface area contributed by atoms with Crippen LogP contribution in [-0.2, 0) is 14.6 Å². The second kappa shape index (κ2) is 8.35. The first kappa shape index (κ1) is 20.8. The van der Waals surface area contributed by atoms with Gasteiger partial charge in [0.05, 0.1) is 34.0 Å². The average molecular weight is 446 g/mol. The Hall–Kier alpha value is -2.46. The van der Waals surface area contributed by atoms with Crippen LogP contribution < -0.4 is 0 Å². The first-order chi connectivity index (χ1) is 14.4. The van der Waals surface area contributed by atoms with Gasteiger partial charge >= 0.3 is 0 Å². The number of para-hydroxylation sites is 1. The Bertz CT molecular complexity index is 1160. The minimum atomic E-state index is -3.05. The van der Waals surface area contributed by atoms with Gasteiger partial charge in [-0.2, -0.15) is 5.10 Å². The summed E-state index contributed by atoms with van der Waals surface area (Å²) in [5.74, 6) is 0.117. The zero-order valence-electron chi connectivity index (χ0n) is 16.8. The smallest absolute Gasteiger partial charge is 0.236 e. The SMILES string of the molecule is CCN(C(=O)[C@H](C)Sc1ncnc2c1cnn2-c1ccccc1)[C@@H]1CCS(=O)(=O)C1. The van der Waals surface area contributed by atoms with E-state index < -0.39 is 15.1 Å². The Balaban J connectivity index is 1.56. The van der Waals surface area contributed by atoms with Crippen molar-refractivity contribution in [2.45, 2.75) is 36.6 Å². The summed E-state index contributed by atoms with van der Waals surface area (Å²) >= 11 is 1.35. The minimum absolute atomic E-state index is 0.0472. The summed E-state index contributed by atoms with van der Waals surface area (Å²) in [7, 11) is -3.05. The first-order valence-electron chi connectivity index (χ1n) is 9.81. The summed E-state index contributed by atoms with van der Waals surface area (Å²) in [5, 5.41) is 5.49. The molecule has 1 aromatic carbocycles. The van der Waals surface area contributed by atoms with E-state index in [1.54, 1.807) is 15.8 Å². The van der Waals surface area contributed by atoms with E-state index in [9.17, 15) is 13.2 Å². The number of sulfone groups is 1. The molecule has 0 unspecified atom stereocenters. The number of carbonyl (C=O) groups is 1. The molecular weight excluding hydrogens is 422 g/mol. The fourth-order valence-electron chi connectivity index (χ4n) is 3.74. The molecule has 1 aliphatic heterocycles. The molecule has 3 aromatic rings. The Labute approximate surface area is 179 Å². The average Bonchev–Trinajstić information content (AvgIpc) is 3.33. The quantitative estimate of drug-likeness (QED) is 0.424. The van der Waals surface area contributed by atoms with Crippen LogP contribution in [0.3, 0.4) is 0 Å². The van der Waals surface area contributed by atoms with Gasteiger partial charge in [-0.05, 0) is 32.4 Å². The predicted molar refractivity (Wildman–Crippen MR) is 116 cm³/mol. The zero-order chi connectivity index (χ0) is 21.3. The maximum Gasteiger partial charge on any atom is 0.236 e. The number of aromatic nitrogens is 4. The van der Waals surface area contributed by atoms with Gasteiger partial charge < -0.3 is 4.90 Å². The highest BCUT2D eigenvalue weighted by Crippen LogP contribution is 2.30. The van der Waals surface area contributed by atoms with Crippen LogP contribution in [0.5, 0.6) is 0 Å². The third-order valence-electron chi connectivity index (χ3n) is 5.24. The van der Waals surface area contributed by atoms with Crippen LogP contribution in [0.1, 0.15) is 20.3 Å². The Kier molecular flexibility index (Phi) is 5.79. The second-order valence-corrected chi connectivity index (χ2v) is 10.8. The van der Waals surface area contributed by atoms with Crippen LogP contribution in [0.15, 0.2) is 47.9 Å². The largest absolute Gasteiger partial charge is 0.338 e. The summed E-state index contributed by atoms with van der Waals surface area (Å²) in [6, 6.07) is 9.45. The van der Waals surface area contributed by atoms with Gasteiger partial charge in [-0.15, -0.1) is 0 Å². The molecule has 3 heterocycles. The van der Waals surface area contributed by atoms with Crippen LogP contribution in [0, 0.1) is 0 Å². The normalized spacial score (nSPS) is 19.1. The Morgan fingerprint density at radius 1 is 1.30 bits per heavy atom. The van der Waals surface area contributed by atoms with Crippen molar-refractivity contribution in [3.8, 4) is 5.69 Å². The van der Waals surface area contributed by atoms with E-state index in [2.05, 4.69) is 15.1 Å². The monoisotopic (exact) mass is 445 g/mol. The van der Waals surface area contributed by atoms with Crippen molar-refractivity contribution in [1.82, 2.24) is 24.6 Å². The number of hydrogen-bond donors (Lipinski definition) is 0. The molecule has 0 spiro atoms. The molecule has 0 N–H and O–H groups in total. The van der Waals surface area contributed by atoms with Gasteiger partial charge in [-0.25, -0.2) is 23.1 Å². The summed E-state index contributed by atoms with van der Waals surface area (Å²) in [4.78, 5) is 23.5. The lowest BCUT2D eigenvalue weighted by molar-refractivity contribution is -0.131. The van der Waals surface area contributed by atoms with Crippen molar-refractivity contribution < 1.29 is 13.2 Å². The van der Waals surface area contributed by atoms with Crippen LogP contribution in [-0.4, -0.2) is 68.3 Å². The third-order valence-corrected chi connectivity index (χ3v) is 8.09. The lowest BCUT2D eigenvalue weighted by atomic mass is 10.2. The van der Waals surface area contributed by atoms with E-state index in [4.69, 9.17) is 0 Å². The highest BCUT2D eigenvalue weighted by molar-refractivity contribution is 8.00. The van der Waals surface area contributed by atoms with E-state index >= 15 is 0 Å². The van der Waals surface area contributed by atoms with E-state index in [1.165, 1.54) is 18.1 Å². The molecule has 0 aliphatic carbocycles. The Morgan fingerprint density at radius 2 is 2.07 bits per heavy atom. The fraction of sp³-hybridized carbons (Fsp3) is 0.400. The lowest BCUT2D eigenvalue weighted by Crippen LogP contribution is -2.44. The summed E-state index contributed by atoms with van der Waals surface area (Å²) in [5.41, 5.74) is 1.57. The number of hydrogen-bond acceptors (Lipinski definition) is 7. The molecule has 1 amide bonds. The van der Waals surface area contributed by atoms with E-state index in [0.29, 0.717) is 23.6 Å². The van der Waals surface area contributed by atoms with Gasteiger partial charge in [0.2, 0.25) is 5.91 Å². The van der Waals surface area contributed by atoms with Crippen molar-refractivity contribution in [3.63, 3.8) is 0 Å². The van der Waals surface area contributed by atoms with Crippen molar-refractivity contribution in [2.75, 3.05) is 18.1 Å². The number of thioether (sulfide) groups is 1. The lowest BCUT2D eigenvalue weighted by Gasteiger charge is -2.29. The summed E-state index contributed by atoms with van der Waals surface area (Å²) in [6.07, 6.45) is 3.69. The molecular formula is C20H23N5O3S2. The first-order valence-corrected chi connectivity index (χ1v) is 12.5. The molecule has 2 aromatic heterocycles. The molecule has 30 heavy (non-hydrogen) atoms. The number of nitrogens with zero attached hydrogens (tertiary/aromatic N) is 5. The molecule has 1 saturated heterocycles. The second-order valence-electron chi connectivity index (χ2n) is 7.25.